The van der Waals surface area contributed by atoms with E-state index in [9.17, 15) is 88.6 Å². The van der Waals surface area contributed by atoms with Gasteiger partial charge in [0.2, 0.25) is 0 Å². The molecule has 2 amide bonds. The van der Waals surface area contributed by atoms with E-state index in [1.807, 2.05) is 0 Å². The number of rotatable bonds is 8. The average molecular weight is 594 g/mol. The highest BCUT2D eigenvalue weighted by molar-refractivity contribution is 7.80. The Labute approximate surface area is 189 Å². The molecule has 0 unspecified atom stereocenters. The predicted octanol–water partition coefficient (Wildman–Crippen LogP) is 4.88. The molecule has 0 aromatic rings. The molecule has 1 aliphatic rings. The van der Waals surface area contributed by atoms with Crippen LogP contribution in [0.3, 0.4) is 0 Å². The number of hydrogen-bond donors (Lipinski definition) is 0. The maximum Gasteiger partial charge on any atom is 0.460 e. The standard InChI is InChI=1S/C13H4F18N2O2S/c14-6(15,8(18,19)10(22,23)12(26,27)28)1-32-3(34)4(35)33(5(32)36)2-7(16,17)9(20,21)11(24,25)13(29,30)31/h1-2H2. The van der Waals surface area contributed by atoms with Crippen LogP contribution in [0.4, 0.5) is 79.0 Å². The summed E-state index contributed by atoms with van der Waals surface area (Å²) in [5.41, 5.74) is 0. The van der Waals surface area contributed by atoms with Crippen LogP contribution < -0.4 is 0 Å². The van der Waals surface area contributed by atoms with Crippen molar-refractivity contribution in [2.24, 2.45) is 0 Å². The quantitative estimate of drug-likeness (QED) is 0.229. The molecule has 0 aromatic heterocycles. The topological polar surface area (TPSA) is 40.6 Å². The molecule has 0 bridgehead atoms. The number of alkyl halides is 18. The van der Waals surface area contributed by atoms with Crippen LogP contribution in [-0.4, -0.2) is 87.7 Å². The summed E-state index contributed by atoms with van der Waals surface area (Å²) in [6, 6.07) is 0. The molecule has 0 aromatic carbocycles. The van der Waals surface area contributed by atoms with Gasteiger partial charge in [-0.3, -0.25) is 19.4 Å². The molecule has 0 aliphatic carbocycles. The zero-order chi connectivity index (χ0) is 29.3. The van der Waals surface area contributed by atoms with Gasteiger partial charge in [0.15, 0.2) is 5.11 Å². The summed E-state index contributed by atoms with van der Waals surface area (Å²) in [7, 11) is 0. The monoisotopic (exact) mass is 594 g/mol. The molecular weight excluding hydrogens is 590 g/mol. The van der Waals surface area contributed by atoms with E-state index in [1.165, 1.54) is 0 Å². The van der Waals surface area contributed by atoms with E-state index in [0.29, 0.717) is 0 Å². The van der Waals surface area contributed by atoms with Crippen LogP contribution >= 0.6 is 12.2 Å². The highest BCUT2D eigenvalue weighted by Gasteiger charge is 2.83. The molecule has 1 saturated heterocycles. The molecule has 1 fully saturated rings. The van der Waals surface area contributed by atoms with Gasteiger partial charge in [0.25, 0.3) is 0 Å². The van der Waals surface area contributed by atoms with Crippen molar-refractivity contribution >= 4 is 29.1 Å². The van der Waals surface area contributed by atoms with Crippen LogP contribution in [0.15, 0.2) is 0 Å². The maximum atomic E-state index is 13.7. The number of halogens is 18. The number of hydrogen-bond acceptors (Lipinski definition) is 3. The molecular formula is C13H4F18N2O2S. The molecule has 0 N–H and O–H groups in total. The lowest BCUT2D eigenvalue weighted by atomic mass is 10.0. The second-order valence-corrected chi connectivity index (χ2v) is 7.13. The second kappa shape index (κ2) is 8.39. The van der Waals surface area contributed by atoms with Crippen molar-refractivity contribution < 1.29 is 88.6 Å². The summed E-state index contributed by atoms with van der Waals surface area (Å²) in [4.78, 5) is 20.4. The zero-order valence-electron chi connectivity index (χ0n) is 15.8. The highest BCUT2D eigenvalue weighted by Crippen LogP contribution is 2.55. The van der Waals surface area contributed by atoms with Crippen molar-refractivity contribution in [2.75, 3.05) is 13.1 Å². The molecule has 1 heterocycles. The van der Waals surface area contributed by atoms with Crippen molar-refractivity contribution in [3.8, 4) is 0 Å². The third-order valence-electron chi connectivity index (χ3n) is 4.27. The smallest absolute Gasteiger partial charge is 0.274 e. The molecule has 0 radical (unpaired) electrons. The fourth-order valence-electron chi connectivity index (χ4n) is 2.24. The summed E-state index contributed by atoms with van der Waals surface area (Å²) in [6.07, 6.45) is -14.7. The van der Waals surface area contributed by atoms with Crippen molar-refractivity contribution in [3.63, 3.8) is 0 Å². The minimum absolute atomic E-state index is 1.35. The number of nitrogens with zero attached hydrogens (tertiary/aromatic N) is 2. The number of carbonyl (C=O) groups excluding carboxylic acids is 2. The molecule has 0 atom stereocenters. The first-order valence-electron chi connectivity index (χ1n) is 8.00. The Morgan fingerprint density at radius 2 is 0.694 bits per heavy atom. The molecule has 36 heavy (non-hydrogen) atoms. The van der Waals surface area contributed by atoms with Gasteiger partial charge < -0.3 is 0 Å². The Hall–Kier alpha value is -2.23. The first-order chi connectivity index (χ1) is 15.4. The van der Waals surface area contributed by atoms with Crippen LogP contribution in [0, 0.1) is 0 Å². The van der Waals surface area contributed by atoms with Gasteiger partial charge in [-0.25, -0.2) is 0 Å². The molecule has 23 heteroatoms. The fourth-order valence-corrected chi connectivity index (χ4v) is 2.54. The summed E-state index contributed by atoms with van der Waals surface area (Å²) >= 11 is 3.87. The number of amides is 2. The third-order valence-corrected chi connectivity index (χ3v) is 4.71. The Morgan fingerprint density at radius 3 is 0.889 bits per heavy atom. The molecule has 4 nitrogen and oxygen atoms in total. The van der Waals surface area contributed by atoms with Crippen molar-refractivity contribution in [2.45, 2.75) is 47.9 Å². The molecule has 210 valence electrons. The van der Waals surface area contributed by atoms with Gasteiger partial charge >= 0.3 is 59.7 Å². The van der Waals surface area contributed by atoms with Crippen LogP contribution in [0.5, 0.6) is 0 Å². The maximum absolute atomic E-state index is 13.7. The normalized spacial score (nSPS) is 18.0. The van der Waals surface area contributed by atoms with Gasteiger partial charge in [-0.2, -0.15) is 79.0 Å². The fraction of sp³-hybridized carbons (Fsp3) is 0.769. The van der Waals surface area contributed by atoms with Crippen LogP contribution in [0.2, 0.25) is 0 Å². The Balaban J connectivity index is 3.35. The van der Waals surface area contributed by atoms with Gasteiger partial charge in [0.05, 0.1) is 13.1 Å². The van der Waals surface area contributed by atoms with E-state index < -0.39 is 87.7 Å². The van der Waals surface area contributed by atoms with E-state index in [4.69, 9.17) is 0 Å². The number of carbonyl (C=O) groups is 2. The highest BCUT2D eigenvalue weighted by atomic mass is 32.1. The minimum Gasteiger partial charge on any atom is -0.274 e. The van der Waals surface area contributed by atoms with Crippen LogP contribution in [0.1, 0.15) is 0 Å². The minimum atomic E-state index is -7.53. The van der Waals surface area contributed by atoms with E-state index in [2.05, 4.69) is 12.2 Å². The van der Waals surface area contributed by atoms with Gasteiger partial charge in [-0.15, -0.1) is 0 Å². The predicted molar refractivity (Wildman–Crippen MR) is 77.8 cm³/mol. The Morgan fingerprint density at radius 1 is 0.472 bits per heavy atom. The van der Waals surface area contributed by atoms with Crippen molar-refractivity contribution in [3.05, 3.63) is 0 Å². The van der Waals surface area contributed by atoms with Crippen molar-refractivity contribution in [1.29, 1.82) is 0 Å². The van der Waals surface area contributed by atoms with Gasteiger partial charge in [0.1, 0.15) is 0 Å². The van der Waals surface area contributed by atoms with E-state index in [1.54, 1.807) is 0 Å². The van der Waals surface area contributed by atoms with Gasteiger partial charge in [-0.1, -0.05) is 0 Å². The van der Waals surface area contributed by atoms with Crippen LogP contribution in [0.25, 0.3) is 0 Å². The van der Waals surface area contributed by atoms with Crippen LogP contribution in [-0.2, 0) is 9.59 Å². The first-order valence-corrected chi connectivity index (χ1v) is 8.41. The third kappa shape index (κ3) is 4.50. The van der Waals surface area contributed by atoms with Gasteiger partial charge in [0, 0.05) is 0 Å². The molecule has 0 saturated carbocycles. The second-order valence-electron chi connectivity index (χ2n) is 6.77. The molecule has 1 rings (SSSR count). The lowest BCUT2D eigenvalue weighted by Gasteiger charge is -2.36. The average Bonchev–Trinajstić information content (AvgIpc) is 2.83. The van der Waals surface area contributed by atoms with Crippen molar-refractivity contribution in [1.82, 2.24) is 9.80 Å². The Kier molecular flexibility index (Phi) is 7.42. The van der Waals surface area contributed by atoms with E-state index in [-0.39, 0.29) is 0 Å². The zero-order valence-corrected chi connectivity index (χ0v) is 16.7. The SMILES string of the molecule is O=C1C(=O)N(CC(F)(F)C(F)(F)C(F)(F)C(F)(F)F)C(=S)N1CC(F)(F)C(F)(F)C(F)(F)C(F)(F)F. The number of thiocarbonyl (C=S) groups is 1. The Bertz CT molecular complexity index is 851. The summed E-state index contributed by atoms with van der Waals surface area (Å²) in [6.45, 7) is -6.82. The largest absolute Gasteiger partial charge is 0.460 e. The molecule has 0 spiro atoms. The summed E-state index contributed by atoms with van der Waals surface area (Å²) < 4.78 is 232. The van der Waals surface area contributed by atoms with E-state index >= 15 is 0 Å². The molecule has 1 aliphatic heterocycles. The first kappa shape index (κ1) is 31.8. The lowest BCUT2D eigenvalue weighted by Crippen LogP contribution is -2.64. The summed E-state index contributed by atoms with van der Waals surface area (Å²) in [5.74, 6) is -49.0. The lowest BCUT2D eigenvalue weighted by molar-refractivity contribution is -0.396. The summed E-state index contributed by atoms with van der Waals surface area (Å²) in [5, 5.41) is -2.33. The van der Waals surface area contributed by atoms with Gasteiger partial charge in [-0.05, 0) is 12.2 Å². The van der Waals surface area contributed by atoms with E-state index in [0.717, 1.165) is 0 Å².